The van der Waals surface area contributed by atoms with Gasteiger partial charge in [-0.3, -0.25) is 4.79 Å². The van der Waals surface area contributed by atoms with Crippen LogP contribution in [0, 0.1) is 11.8 Å². The van der Waals surface area contributed by atoms with Gasteiger partial charge in [0.25, 0.3) is 0 Å². The van der Waals surface area contributed by atoms with E-state index >= 15 is 0 Å². The lowest BCUT2D eigenvalue weighted by molar-refractivity contribution is -0.126. The van der Waals surface area contributed by atoms with E-state index in [2.05, 4.69) is 17.1 Å². The lowest BCUT2D eigenvalue weighted by atomic mass is 9.97. The molecule has 2 fully saturated rings. The molecule has 0 aromatic rings. The van der Waals surface area contributed by atoms with Gasteiger partial charge >= 0.3 is 0 Å². The number of nitrogens with zero attached hydrogens (tertiary/aromatic N) is 2. The summed E-state index contributed by atoms with van der Waals surface area (Å²) in [4.78, 5) is 14.9. The van der Waals surface area contributed by atoms with Crippen LogP contribution >= 0.6 is 0 Å². The Morgan fingerprint density at radius 1 is 1.00 bits per heavy atom. The fourth-order valence-electron chi connectivity index (χ4n) is 3.95. The number of rotatable bonds is 10. The summed E-state index contributed by atoms with van der Waals surface area (Å²) in [6.07, 6.45) is 7.64. The van der Waals surface area contributed by atoms with Gasteiger partial charge in [-0.25, -0.2) is 12.7 Å². The van der Waals surface area contributed by atoms with Crippen LogP contribution in [0.2, 0.25) is 0 Å². The van der Waals surface area contributed by atoms with E-state index in [4.69, 9.17) is 0 Å². The Labute approximate surface area is 166 Å². The minimum Gasteiger partial charge on any atom is -0.356 e. The number of hydrogen-bond donors (Lipinski definition) is 1. The first kappa shape index (κ1) is 22.6. The van der Waals surface area contributed by atoms with Gasteiger partial charge in [0.15, 0.2) is 0 Å². The molecule has 0 atom stereocenters. The molecule has 0 saturated carbocycles. The van der Waals surface area contributed by atoms with Crippen LogP contribution in [0.4, 0.5) is 0 Å². The highest BCUT2D eigenvalue weighted by Crippen LogP contribution is 2.21. The highest BCUT2D eigenvalue weighted by molar-refractivity contribution is 7.89. The molecule has 1 amide bonds. The van der Waals surface area contributed by atoms with E-state index in [-0.39, 0.29) is 17.6 Å². The molecule has 2 rings (SSSR count). The smallest absolute Gasteiger partial charge is 0.223 e. The van der Waals surface area contributed by atoms with E-state index in [0.29, 0.717) is 32.4 Å². The number of sulfonamides is 1. The maximum Gasteiger partial charge on any atom is 0.223 e. The molecule has 7 heteroatoms. The first-order valence-corrected chi connectivity index (χ1v) is 12.5. The van der Waals surface area contributed by atoms with Gasteiger partial charge in [0.1, 0.15) is 0 Å². The number of carbonyl (C=O) groups excluding carboxylic acids is 1. The van der Waals surface area contributed by atoms with Crippen molar-refractivity contribution in [1.29, 1.82) is 0 Å². The standard InChI is InChI=1S/C20H39N3O3S/c1-3-4-17-27(25,26)23-15-9-19(10-16-23)20(24)21-11-5-6-12-22-13-7-18(2)8-14-22/h18-19H,3-17H2,1-2H3,(H,21,24). The van der Waals surface area contributed by atoms with Gasteiger partial charge in [-0.05, 0) is 70.5 Å². The van der Waals surface area contributed by atoms with Crippen LogP contribution in [-0.2, 0) is 14.8 Å². The molecule has 158 valence electrons. The van der Waals surface area contributed by atoms with Gasteiger partial charge in [-0.1, -0.05) is 20.3 Å². The van der Waals surface area contributed by atoms with E-state index in [0.717, 1.165) is 38.3 Å². The number of hydrogen-bond acceptors (Lipinski definition) is 4. The van der Waals surface area contributed by atoms with Gasteiger partial charge < -0.3 is 10.2 Å². The molecule has 0 unspecified atom stereocenters. The van der Waals surface area contributed by atoms with Gasteiger partial charge in [-0.2, -0.15) is 0 Å². The summed E-state index contributed by atoms with van der Waals surface area (Å²) < 4.78 is 26.0. The summed E-state index contributed by atoms with van der Waals surface area (Å²) >= 11 is 0. The number of nitrogens with one attached hydrogen (secondary N) is 1. The molecule has 0 radical (unpaired) electrons. The zero-order chi connectivity index (χ0) is 19.7. The molecule has 0 spiro atoms. The number of piperidine rings is 2. The van der Waals surface area contributed by atoms with E-state index in [1.165, 1.54) is 25.9 Å². The second-order valence-electron chi connectivity index (χ2n) is 8.37. The molecule has 2 aliphatic rings. The third kappa shape index (κ3) is 7.70. The number of amides is 1. The SMILES string of the molecule is CCCCS(=O)(=O)N1CCC(C(=O)NCCCCN2CCC(C)CC2)CC1. The highest BCUT2D eigenvalue weighted by atomic mass is 32.2. The van der Waals surface area contributed by atoms with Crippen LogP contribution in [-0.4, -0.2) is 68.6 Å². The molecule has 6 nitrogen and oxygen atoms in total. The second kappa shape index (κ2) is 11.4. The summed E-state index contributed by atoms with van der Waals surface area (Å²) in [6.45, 7) is 9.60. The molecule has 2 saturated heterocycles. The van der Waals surface area contributed by atoms with E-state index in [9.17, 15) is 13.2 Å². The van der Waals surface area contributed by atoms with Crippen LogP contribution in [0.25, 0.3) is 0 Å². The second-order valence-corrected chi connectivity index (χ2v) is 10.5. The summed E-state index contributed by atoms with van der Waals surface area (Å²) in [5.74, 6) is 1.17. The van der Waals surface area contributed by atoms with Crippen molar-refractivity contribution in [1.82, 2.24) is 14.5 Å². The lowest BCUT2D eigenvalue weighted by Gasteiger charge is -2.31. The molecule has 0 bridgehead atoms. The first-order chi connectivity index (χ1) is 12.9. The zero-order valence-electron chi connectivity index (χ0n) is 17.3. The van der Waals surface area contributed by atoms with Crippen LogP contribution in [0.1, 0.15) is 65.2 Å². The normalized spacial score (nSPS) is 21.4. The average Bonchev–Trinajstić information content (AvgIpc) is 2.67. The van der Waals surface area contributed by atoms with Crippen molar-refractivity contribution >= 4 is 15.9 Å². The molecule has 0 aromatic heterocycles. The molecule has 0 aliphatic carbocycles. The maximum atomic E-state index is 12.3. The van der Waals surface area contributed by atoms with Gasteiger partial charge in [0.05, 0.1) is 5.75 Å². The Morgan fingerprint density at radius 2 is 1.67 bits per heavy atom. The van der Waals surface area contributed by atoms with E-state index in [1.54, 1.807) is 4.31 Å². The van der Waals surface area contributed by atoms with Crippen molar-refractivity contribution < 1.29 is 13.2 Å². The zero-order valence-corrected chi connectivity index (χ0v) is 18.1. The number of unbranched alkanes of at least 4 members (excludes halogenated alkanes) is 2. The molecule has 0 aromatic carbocycles. The largest absolute Gasteiger partial charge is 0.356 e. The predicted octanol–water partition coefficient (Wildman–Crippen LogP) is 2.46. The molecule has 2 heterocycles. The maximum absolute atomic E-state index is 12.3. The average molecular weight is 402 g/mol. The molecular weight excluding hydrogens is 362 g/mol. The van der Waals surface area contributed by atoms with Crippen LogP contribution in [0.15, 0.2) is 0 Å². The molecular formula is C20H39N3O3S. The number of carbonyl (C=O) groups is 1. The molecule has 27 heavy (non-hydrogen) atoms. The monoisotopic (exact) mass is 401 g/mol. The van der Waals surface area contributed by atoms with Crippen molar-refractivity contribution in [2.75, 3.05) is 45.0 Å². The fourth-order valence-corrected chi connectivity index (χ4v) is 5.63. The van der Waals surface area contributed by atoms with Gasteiger partial charge in [-0.15, -0.1) is 0 Å². The van der Waals surface area contributed by atoms with E-state index in [1.807, 2.05) is 6.92 Å². The summed E-state index contributed by atoms with van der Waals surface area (Å²) in [5.41, 5.74) is 0. The number of likely N-dealkylation sites (tertiary alicyclic amines) is 1. The van der Waals surface area contributed by atoms with Crippen LogP contribution in [0.3, 0.4) is 0 Å². The molecule has 2 aliphatic heterocycles. The Hall–Kier alpha value is -0.660. The summed E-state index contributed by atoms with van der Waals surface area (Å²) in [6, 6.07) is 0. The quantitative estimate of drug-likeness (QED) is 0.571. The summed E-state index contributed by atoms with van der Waals surface area (Å²) in [7, 11) is -3.14. The van der Waals surface area contributed by atoms with E-state index < -0.39 is 10.0 Å². The minimum absolute atomic E-state index is 0.0359. The topological polar surface area (TPSA) is 69.7 Å². The first-order valence-electron chi connectivity index (χ1n) is 10.9. The van der Waals surface area contributed by atoms with Crippen LogP contribution in [0.5, 0.6) is 0 Å². The van der Waals surface area contributed by atoms with Crippen molar-refractivity contribution in [3.05, 3.63) is 0 Å². The Morgan fingerprint density at radius 3 is 2.30 bits per heavy atom. The Balaban J connectivity index is 1.57. The Kier molecular flexibility index (Phi) is 9.53. The Bertz CT molecular complexity index is 537. The van der Waals surface area contributed by atoms with Gasteiger partial charge in [0, 0.05) is 25.6 Å². The molecule has 1 N–H and O–H groups in total. The van der Waals surface area contributed by atoms with Crippen molar-refractivity contribution in [3.63, 3.8) is 0 Å². The predicted molar refractivity (Wildman–Crippen MR) is 110 cm³/mol. The van der Waals surface area contributed by atoms with Gasteiger partial charge in [0.2, 0.25) is 15.9 Å². The summed E-state index contributed by atoms with van der Waals surface area (Å²) in [5, 5.41) is 3.06. The van der Waals surface area contributed by atoms with Crippen molar-refractivity contribution in [3.8, 4) is 0 Å². The van der Waals surface area contributed by atoms with Crippen molar-refractivity contribution in [2.45, 2.75) is 65.2 Å². The van der Waals surface area contributed by atoms with Crippen molar-refractivity contribution in [2.24, 2.45) is 11.8 Å². The fraction of sp³-hybridized carbons (Fsp3) is 0.950. The highest BCUT2D eigenvalue weighted by Gasteiger charge is 2.30. The third-order valence-electron chi connectivity index (χ3n) is 6.05. The van der Waals surface area contributed by atoms with Crippen LogP contribution < -0.4 is 5.32 Å². The third-order valence-corrected chi connectivity index (χ3v) is 8.01. The lowest BCUT2D eigenvalue weighted by Crippen LogP contribution is -2.43. The minimum atomic E-state index is -3.14.